The van der Waals surface area contributed by atoms with Crippen molar-refractivity contribution < 1.29 is 0 Å². The van der Waals surface area contributed by atoms with Crippen molar-refractivity contribution in [3.8, 4) is 18.2 Å². The van der Waals surface area contributed by atoms with Crippen LogP contribution < -0.4 is 5.73 Å². The van der Waals surface area contributed by atoms with E-state index in [0.717, 1.165) is 21.5 Å². The van der Waals surface area contributed by atoms with E-state index in [0.29, 0.717) is 13.1 Å². The van der Waals surface area contributed by atoms with E-state index >= 15 is 0 Å². The Hall–Kier alpha value is -2.89. The molecule has 0 radical (unpaired) electrons. The lowest BCUT2D eigenvalue weighted by Gasteiger charge is -2.45. The molecule has 1 aliphatic heterocycles. The molecule has 1 aromatic heterocycles. The van der Waals surface area contributed by atoms with Gasteiger partial charge in [0.15, 0.2) is 5.41 Å². The Morgan fingerprint density at radius 1 is 1.20 bits per heavy atom. The van der Waals surface area contributed by atoms with Crippen LogP contribution in [0.2, 0.25) is 0 Å². The number of benzene rings is 1. The van der Waals surface area contributed by atoms with E-state index in [2.05, 4.69) is 51.2 Å². The molecule has 2 atom stereocenters. The van der Waals surface area contributed by atoms with Gasteiger partial charge in [-0.05, 0) is 33.1 Å². The fraction of sp³-hybridized carbons (Fsp3) is 0.261. The van der Waals surface area contributed by atoms with Crippen LogP contribution in [0.15, 0.2) is 69.2 Å². The second-order valence-electron chi connectivity index (χ2n) is 7.52. The number of halogens is 1. The third-order valence-corrected chi connectivity index (χ3v) is 7.66. The molecule has 2 aliphatic rings. The van der Waals surface area contributed by atoms with Gasteiger partial charge in [0, 0.05) is 46.2 Å². The number of fused-ring (bicyclic) bond motifs is 1. The first kappa shape index (κ1) is 20.4. The third-order valence-electron chi connectivity index (χ3n) is 5.88. The molecule has 0 fully saturated rings. The van der Waals surface area contributed by atoms with Gasteiger partial charge in [-0.15, -0.1) is 11.3 Å². The number of hydrogen-bond acceptors (Lipinski definition) is 6. The molecule has 5 nitrogen and oxygen atoms in total. The molecule has 0 unspecified atom stereocenters. The summed E-state index contributed by atoms with van der Waals surface area (Å²) in [5.41, 5.74) is 7.18. The summed E-state index contributed by atoms with van der Waals surface area (Å²) >= 11 is 4.99. The van der Waals surface area contributed by atoms with Gasteiger partial charge in [-0.2, -0.15) is 15.8 Å². The Labute approximate surface area is 188 Å². The van der Waals surface area contributed by atoms with E-state index in [9.17, 15) is 15.8 Å². The highest BCUT2D eigenvalue weighted by atomic mass is 79.9. The van der Waals surface area contributed by atoms with Crippen LogP contribution in [0, 0.1) is 45.3 Å². The lowest BCUT2D eigenvalue weighted by Crippen LogP contribution is -2.47. The number of thiophene rings is 1. The standard InChI is InChI=1S/C23H18BrN5S/c24-16-8-20(30-12-16)21-19-11-29(10-15-4-2-1-3-5-15)7-6-17(19)18(9-25)22(28)23(21,13-26)14-27/h1-6,8,12,19,21H,7,10-11,28H2/t19-,21+/m0/s1. The predicted molar refractivity (Wildman–Crippen MR) is 119 cm³/mol. The molecule has 0 saturated carbocycles. The quantitative estimate of drug-likeness (QED) is 0.706. The Morgan fingerprint density at radius 3 is 2.53 bits per heavy atom. The fourth-order valence-corrected chi connectivity index (χ4v) is 6.19. The summed E-state index contributed by atoms with van der Waals surface area (Å²) in [6.07, 6.45) is 2.04. The number of hydrogen-bond donors (Lipinski definition) is 1. The molecule has 2 heterocycles. The summed E-state index contributed by atoms with van der Waals surface area (Å²) < 4.78 is 0.906. The molecule has 1 aliphatic carbocycles. The zero-order valence-electron chi connectivity index (χ0n) is 16.0. The summed E-state index contributed by atoms with van der Waals surface area (Å²) in [7, 11) is 0. The molecule has 7 heteroatoms. The monoisotopic (exact) mass is 475 g/mol. The van der Waals surface area contributed by atoms with Crippen molar-refractivity contribution in [3.63, 3.8) is 0 Å². The van der Waals surface area contributed by atoms with E-state index in [1.54, 1.807) is 0 Å². The Balaban J connectivity index is 1.83. The molecular weight excluding hydrogens is 458 g/mol. The van der Waals surface area contributed by atoms with E-state index in [4.69, 9.17) is 5.73 Å². The largest absolute Gasteiger partial charge is 0.399 e. The first-order valence-electron chi connectivity index (χ1n) is 9.47. The number of nitriles is 3. The maximum atomic E-state index is 10.1. The molecule has 0 amide bonds. The average Bonchev–Trinajstić information content (AvgIpc) is 3.19. The Kier molecular flexibility index (Phi) is 5.50. The van der Waals surface area contributed by atoms with E-state index < -0.39 is 11.3 Å². The van der Waals surface area contributed by atoms with Crippen LogP contribution in [-0.4, -0.2) is 18.0 Å². The van der Waals surface area contributed by atoms with Crippen molar-refractivity contribution in [1.82, 2.24) is 4.90 Å². The Morgan fingerprint density at radius 2 is 1.93 bits per heavy atom. The second kappa shape index (κ2) is 8.09. The van der Waals surface area contributed by atoms with Crippen molar-refractivity contribution in [2.75, 3.05) is 13.1 Å². The van der Waals surface area contributed by atoms with Crippen molar-refractivity contribution in [2.24, 2.45) is 17.1 Å². The summed E-state index contributed by atoms with van der Waals surface area (Å²) in [4.78, 5) is 3.21. The maximum Gasteiger partial charge on any atom is 0.192 e. The van der Waals surface area contributed by atoms with Gasteiger partial charge in [-0.25, -0.2) is 0 Å². The van der Waals surface area contributed by atoms with Gasteiger partial charge in [0.05, 0.1) is 23.4 Å². The summed E-state index contributed by atoms with van der Waals surface area (Å²) in [5, 5.41) is 32.0. The normalized spacial score (nSPS) is 22.9. The van der Waals surface area contributed by atoms with Crippen LogP contribution >= 0.6 is 27.3 Å². The molecule has 2 N–H and O–H groups in total. The number of rotatable bonds is 3. The van der Waals surface area contributed by atoms with Gasteiger partial charge >= 0.3 is 0 Å². The van der Waals surface area contributed by atoms with E-state index in [1.165, 1.54) is 16.9 Å². The molecule has 4 rings (SSSR count). The Bertz CT molecular complexity index is 1140. The van der Waals surface area contributed by atoms with Crippen LogP contribution in [0.4, 0.5) is 0 Å². The molecule has 1 aromatic carbocycles. The van der Waals surface area contributed by atoms with Gasteiger partial charge in [0.1, 0.15) is 6.07 Å². The third kappa shape index (κ3) is 3.24. The second-order valence-corrected chi connectivity index (χ2v) is 9.38. The van der Waals surface area contributed by atoms with Gasteiger partial charge in [-0.3, -0.25) is 4.90 Å². The SMILES string of the molecule is N#CC1=C(N)C(C#N)(C#N)[C@@H](c2cc(Br)cs2)[C@H]2CN(Cc3ccccc3)CC=C12. The molecule has 0 spiro atoms. The summed E-state index contributed by atoms with van der Waals surface area (Å²) in [6.45, 7) is 2.09. The van der Waals surface area contributed by atoms with Crippen LogP contribution in [0.1, 0.15) is 16.4 Å². The minimum Gasteiger partial charge on any atom is -0.399 e. The molecule has 2 aromatic rings. The van der Waals surface area contributed by atoms with E-state index in [-0.39, 0.29) is 17.2 Å². The minimum absolute atomic E-state index is 0.0727. The van der Waals surface area contributed by atoms with E-state index in [1.807, 2.05) is 35.7 Å². The lowest BCUT2D eigenvalue weighted by atomic mass is 9.59. The van der Waals surface area contributed by atoms with Crippen molar-refractivity contribution in [3.05, 3.63) is 79.6 Å². The zero-order chi connectivity index (χ0) is 21.3. The first-order chi connectivity index (χ1) is 14.5. The van der Waals surface area contributed by atoms with Crippen LogP contribution in [0.5, 0.6) is 0 Å². The van der Waals surface area contributed by atoms with Crippen LogP contribution in [0.3, 0.4) is 0 Å². The highest BCUT2D eigenvalue weighted by Crippen LogP contribution is 2.55. The first-order valence-corrected chi connectivity index (χ1v) is 11.1. The van der Waals surface area contributed by atoms with Crippen LogP contribution in [-0.2, 0) is 6.54 Å². The average molecular weight is 476 g/mol. The topological polar surface area (TPSA) is 101 Å². The summed E-state index contributed by atoms with van der Waals surface area (Å²) in [6, 6.07) is 18.7. The molecule has 148 valence electrons. The van der Waals surface area contributed by atoms with Gasteiger partial charge in [0.2, 0.25) is 0 Å². The molecule has 0 saturated heterocycles. The highest BCUT2D eigenvalue weighted by molar-refractivity contribution is 9.10. The van der Waals surface area contributed by atoms with Crippen molar-refractivity contribution in [1.29, 1.82) is 15.8 Å². The fourth-order valence-electron chi connectivity index (χ4n) is 4.51. The highest BCUT2D eigenvalue weighted by Gasteiger charge is 2.54. The zero-order valence-corrected chi connectivity index (χ0v) is 18.4. The van der Waals surface area contributed by atoms with Crippen LogP contribution in [0.25, 0.3) is 0 Å². The minimum atomic E-state index is -1.58. The number of allylic oxidation sites excluding steroid dienone is 2. The molecule has 30 heavy (non-hydrogen) atoms. The van der Waals surface area contributed by atoms with Gasteiger partial charge in [-0.1, -0.05) is 36.4 Å². The molecular formula is C23H18BrN5S. The van der Waals surface area contributed by atoms with Gasteiger partial charge in [0.25, 0.3) is 0 Å². The number of nitrogens with zero attached hydrogens (tertiary/aromatic N) is 4. The van der Waals surface area contributed by atoms with Crippen molar-refractivity contribution >= 4 is 27.3 Å². The van der Waals surface area contributed by atoms with Crippen molar-refractivity contribution in [2.45, 2.75) is 12.5 Å². The maximum absolute atomic E-state index is 10.1. The number of nitrogens with two attached hydrogens (primary N) is 1. The smallest absolute Gasteiger partial charge is 0.192 e. The lowest BCUT2D eigenvalue weighted by molar-refractivity contribution is 0.202. The predicted octanol–water partition coefficient (Wildman–Crippen LogP) is 4.44. The van der Waals surface area contributed by atoms with Gasteiger partial charge < -0.3 is 5.73 Å². The summed E-state index contributed by atoms with van der Waals surface area (Å²) in [5.74, 6) is -0.611. The molecule has 0 bridgehead atoms.